The van der Waals surface area contributed by atoms with E-state index in [1.54, 1.807) is 0 Å². The van der Waals surface area contributed by atoms with Gasteiger partial charge in [-0.1, -0.05) is 0 Å². The van der Waals surface area contributed by atoms with Gasteiger partial charge < -0.3 is 10.4 Å². The van der Waals surface area contributed by atoms with Gasteiger partial charge in [-0.25, -0.2) is 27.9 Å². The molecule has 1 atom stereocenters. The van der Waals surface area contributed by atoms with E-state index in [0.717, 1.165) is 6.07 Å². The highest BCUT2D eigenvalue weighted by atomic mass is 127. The van der Waals surface area contributed by atoms with Crippen LogP contribution in [-0.2, 0) is 4.84 Å². The van der Waals surface area contributed by atoms with Crippen LogP contribution in [-0.4, -0.2) is 16.8 Å². The average Bonchev–Trinajstić information content (AvgIpc) is 3.47. The fraction of sp³-hybridized carbons (Fsp3) is 0.278. The third-order valence-corrected chi connectivity index (χ3v) is 4.95. The molecule has 3 N–H and O–H groups in total. The Morgan fingerprint density at radius 1 is 1.18 bits per heavy atom. The average molecular weight is 510 g/mol. The molecular formula is C18H15F4IN2O3. The van der Waals surface area contributed by atoms with E-state index in [1.807, 2.05) is 28.1 Å². The molecule has 28 heavy (non-hydrogen) atoms. The maximum Gasteiger partial charge on any atom is 0.277 e. The van der Waals surface area contributed by atoms with Crippen molar-refractivity contribution in [3.05, 3.63) is 56.7 Å². The van der Waals surface area contributed by atoms with Gasteiger partial charge >= 0.3 is 0 Å². The van der Waals surface area contributed by atoms with Gasteiger partial charge in [-0.2, -0.15) is 0 Å². The summed E-state index contributed by atoms with van der Waals surface area (Å²) in [7, 11) is 0. The SMILES string of the molecule is CC(O)(ONC(=O)c1cc(F)c(F)c(F)c1Nc1ccc(I)cc1F)C1CC1. The first kappa shape index (κ1) is 20.8. The molecule has 0 bridgehead atoms. The zero-order chi connectivity index (χ0) is 20.6. The number of hydrogen-bond donors (Lipinski definition) is 3. The number of halogens is 5. The maximum absolute atomic E-state index is 14.3. The molecule has 1 saturated carbocycles. The molecule has 0 spiro atoms. The highest BCUT2D eigenvalue weighted by Gasteiger charge is 2.42. The predicted molar refractivity (Wildman–Crippen MR) is 101 cm³/mol. The summed E-state index contributed by atoms with van der Waals surface area (Å²) < 4.78 is 56.3. The van der Waals surface area contributed by atoms with Gasteiger partial charge in [0.15, 0.2) is 23.2 Å². The van der Waals surface area contributed by atoms with Crippen molar-refractivity contribution in [1.29, 1.82) is 0 Å². The first-order valence-electron chi connectivity index (χ1n) is 8.20. The van der Waals surface area contributed by atoms with Crippen LogP contribution in [0.2, 0.25) is 0 Å². The minimum absolute atomic E-state index is 0.187. The largest absolute Gasteiger partial charge is 0.364 e. The summed E-state index contributed by atoms with van der Waals surface area (Å²) in [5, 5.41) is 12.3. The number of anilines is 2. The smallest absolute Gasteiger partial charge is 0.277 e. The van der Waals surface area contributed by atoms with Crippen LogP contribution in [0.3, 0.4) is 0 Å². The van der Waals surface area contributed by atoms with Gasteiger partial charge in [0.1, 0.15) is 5.82 Å². The second kappa shape index (κ2) is 7.84. The molecule has 2 aromatic rings. The summed E-state index contributed by atoms with van der Waals surface area (Å²) in [5.41, 5.74) is 0.222. The van der Waals surface area contributed by atoms with Crippen molar-refractivity contribution in [2.45, 2.75) is 25.6 Å². The quantitative estimate of drug-likeness (QED) is 0.178. The van der Waals surface area contributed by atoms with Crippen LogP contribution in [0, 0.1) is 32.8 Å². The van der Waals surface area contributed by atoms with Crippen LogP contribution in [0.1, 0.15) is 30.1 Å². The molecule has 0 aliphatic heterocycles. The molecule has 1 aliphatic rings. The second-order valence-corrected chi connectivity index (χ2v) is 7.77. The van der Waals surface area contributed by atoms with Crippen LogP contribution >= 0.6 is 22.6 Å². The lowest BCUT2D eigenvalue weighted by atomic mass is 10.1. The van der Waals surface area contributed by atoms with Crippen molar-refractivity contribution in [2.24, 2.45) is 5.92 Å². The van der Waals surface area contributed by atoms with Crippen LogP contribution in [0.25, 0.3) is 0 Å². The third-order valence-electron chi connectivity index (χ3n) is 4.28. The van der Waals surface area contributed by atoms with Crippen molar-refractivity contribution in [3.63, 3.8) is 0 Å². The topological polar surface area (TPSA) is 70.6 Å². The number of carbonyl (C=O) groups is 1. The molecule has 0 aromatic heterocycles. The van der Waals surface area contributed by atoms with Crippen molar-refractivity contribution in [3.8, 4) is 0 Å². The van der Waals surface area contributed by atoms with E-state index >= 15 is 0 Å². The lowest BCUT2D eigenvalue weighted by Gasteiger charge is -2.23. The molecule has 1 unspecified atom stereocenters. The van der Waals surface area contributed by atoms with E-state index in [4.69, 9.17) is 4.84 Å². The van der Waals surface area contributed by atoms with E-state index in [9.17, 15) is 27.5 Å². The number of amides is 1. The predicted octanol–water partition coefficient (Wildman–Crippen LogP) is 4.37. The van der Waals surface area contributed by atoms with Crippen LogP contribution in [0.15, 0.2) is 24.3 Å². The number of carbonyl (C=O) groups excluding carboxylic acids is 1. The Morgan fingerprint density at radius 3 is 2.46 bits per heavy atom. The molecule has 1 fully saturated rings. The molecule has 5 nitrogen and oxygen atoms in total. The van der Waals surface area contributed by atoms with E-state index in [0.29, 0.717) is 22.5 Å². The molecule has 10 heteroatoms. The van der Waals surface area contributed by atoms with Crippen LogP contribution < -0.4 is 10.8 Å². The van der Waals surface area contributed by atoms with E-state index in [1.165, 1.54) is 19.1 Å². The van der Waals surface area contributed by atoms with Gasteiger partial charge in [-0.3, -0.25) is 4.79 Å². The van der Waals surface area contributed by atoms with Gasteiger partial charge in [-0.15, -0.1) is 0 Å². The highest BCUT2D eigenvalue weighted by molar-refractivity contribution is 14.1. The summed E-state index contributed by atoms with van der Waals surface area (Å²) in [6.07, 6.45) is 1.39. The highest BCUT2D eigenvalue weighted by Crippen LogP contribution is 2.39. The summed E-state index contributed by atoms with van der Waals surface area (Å²) in [6.45, 7) is 1.33. The monoisotopic (exact) mass is 510 g/mol. The lowest BCUT2D eigenvalue weighted by Crippen LogP contribution is -2.40. The molecule has 0 saturated heterocycles. The Hall–Kier alpha value is -1.92. The van der Waals surface area contributed by atoms with Crippen molar-refractivity contribution in [2.75, 3.05) is 5.32 Å². The first-order chi connectivity index (χ1) is 13.1. The van der Waals surface area contributed by atoms with Crippen molar-refractivity contribution in [1.82, 2.24) is 5.48 Å². The molecule has 3 rings (SSSR count). The fourth-order valence-electron chi connectivity index (χ4n) is 2.53. The number of hydroxylamine groups is 1. The van der Waals surface area contributed by atoms with E-state index in [2.05, 4.69) is 5.32 Å². The Morgan fingerprint density at radius 2 is 1.86 bits per heavy atom. The maximum atomic E-state index is 14.3. The fourth-order valence-corrected chi connectivity index (χ4v) is 2.98. The zero-order valence-electron chi connectivity index (χ0n) is 14.5. The Kier molecular flexibility index (Phi) is 5.82. The minimum Gasteiger partial charge on any atom is -0.364 e. The number of hydrogen-bond acceptors (Lipinski definition) is 4. The third kappa shape index (κ3) is 4.39. The molecular weight excluding hydrogens is 495 g/mol. The number of nitrogens with one attached hydrogen (secondary N) is 2. The standard InChI is InChI=1S/C18H15F4IN2O3/c1-18(27,8-2-3-8)28-25-17(26)10-7-12(20)14(21)15(22)16(10)24-13-5-4-9(23)6-11(13)19/h4-8,24,27H,2-3H2,1H3,(H,25,26). The van der Waals surface area contributed by atoms with Gasteiger partial charge in [-0.05, 0) is 66.6 Å². The molecule has 0 heterocycles. The lowest BCUT2D eigenvalue weighted by molar-refractivity contribution is -0.230. The normalized spacial score (nSPS) is 15.8. The molecule has 0 radical (unpaired) electrons. The second-order valence-electron chi connectivity index (χ2n) is 6.52. The number of aliphatic hydroxyl groups is 1. The van der Waals surface area contributed by atoms with E-state index < -0.39 is 46.2 Å². The summed E-state index contributed by atoms with van der Waals surface area (Å²) in [5.74, 6) is -8.91. The number of rotatable bonds is 6. The van der Waals surface area contributed by atoms with Crippen LogP contribution in [0.4, 0.5) is 28.9 Å². The Balaban J connectivity index is 1.92. The zero-order valence-corrected chi connectivity index (χ0v) is 16.6. The van der Waals surface area contributed by atoms with Gasteiger partial charge in [0.05, 0.1) is 16.9 Å². The summed E-state index contributed by atoms with van der Waals surface area (Å²) in [4.78, 5) is 17.3. The summed E-state index contributed by atoms with van der Waals surface area (Å²) >= 11 is 1.86. The van der Waals surface area contributed by atoms with Gasteiger partial charge in [0, 0.05) is 9.49 Å². The van der Waals surface area contributed by atoms with Crippen molar-refractivity contribution >= 4 is 39.9 Å². The first-order valence-corrected chi connectivity index (χ1v) is 9.28. The van der Waals surface area contributed by atoms with Crippen molar-refractivity contribution < 1.29 is 32.3 Å². The minimum atomic E-state index is -1.82. The number of benzene rings is 2. The van der Waals surface area contributed by atoms with Crippen LogP contribution in [0.5, 0.6) is 0 Å². The molecule has 1 aliphatic carbocycles. The Labute approximate surface area is 171 Å². The summed E-state index contributed by atoms with van der Waals surface area (Å²) in [6, 6.07) is 4.35. The van der Waals surface area contributed by atoms with Gasteiger partial charge in [0.2, 0.25) is 0 Å². The molecule has 1 amide bonds. The Bertz CT molecular complexity index is 936. The van der Waals surface area contributed by atoms with Gasteiger partial charge in [0.25, 0.3) is 5.91 Å². The molecule has 2 aromatic carbocycles. The van der Waals surface area contributed by atoms with E-state index in [-0.39, 0.29) is 11.6 Å². The molecule has 150 valence electrons.